The SMILES string of the molecule is c1ccc(-n2c3ccccc3c3cc4c(cc32)c2ccccc2n4-c2nc3c(ccc4oc5ccccc5c43)o2)cc1. The molecule has 0 unspecified atom stereocenters. The average molecular weight is 540 g/mol. The monoisotopic (exact) mass is 539 g/mol. The minimum atomic E-state index is 0.542. The van der Waals surface area contributed by atoms with Gasteiger partial charge in [-0.2, -0.15) is 4.98 Å². The van der Waals surface area contributed by atoms with Crippen LogP contribution in [0.2, 0.25) is 0 Å². The number of para-hydroxylation sites is 4. The molecule has 0 aliphatic rings. The molecule has 10 aromatic rings. The minimum Gasteiger partial charge on any atom is -0.456 e. The van der Waals surface area contributed by atoms with Gasteiger partial charge in [0.15, 0.2) is 5.58 Å². The van der Waals surface area contributed by atoms with Crippen LogP contribution in [0.15, 0.2) is 136 Å². The van der Waals surface area contributed by atoms with Crippen LogP contribution in [0.5, 0.6) is 0 Å². The normalized spacial score (nSPS) is 12.3. The van der Waals surface area contributed by atoms with E-state index >= 15 is 0 Å². The molecule has 0 N–H and O–H groups in total. The zero-order valence-electron chi connectivity index (χ0n) is 22.3. The summed E-state index contributed by atoms with van der Waals surface area (Å²) in [5.74, 6) is 0. The Morgan fingerprint density at radius 3 is 1.79 bits per heavy atom. The van der Waals surface area contributed by atoms with Crippen LogP contribution in [0.3, 0.4) is 0 Å². The average Bonchev–Trinajstić information content (AvgIpc) is 3.79. The van der Waals surface area contributed by atoms with Gasteiger partial charge in [-0.3, -0.25) is 4.57 Å². The predicted octanol–water partition coefficient (Wildman–Crippen LogP) is 9.92. The van der Waals surface area contributed by atoms with E-state index in [-0.39, 0.29) is 0 Å². The summed E-state index contributed by atoms with van der Waals surface area (Å²) in [6.07, 6.45) is 0. The Morgan fingerprint density at radius 1 is 0.429 bits per heavy atom. The first-order chi connectivity index (χ1) is 20.8. The largest absolute Gasteiger partial charge is 0.456 e. The fourth-order valence-electron chi connectivity index (χ4n) is 6.78. The van der Waals surface area contributed by atoms with Gasteiger partial charge >= 0.3 is 6.01 Å². The van der Waals surface area contributed by atoms with Crippen molar-refractivity contribution in [3.63, 3.8) is 0 Å². The van der Waals surface area contributed by atoms with Crippen molar-refractivity contribution in [2.45, 2.75) is 0 Å². The van der Waals surface area contributed by atoms with Crippen LogP contribution in [-0.2, 0) is 0 Å². The molecule has 196 valence electrons. The predicted molar refractivity (Wildman–Crippen MR) is 170 cm³/mol. The van der Waals surface area contributed by atoms with Crippen molar-refractivity contribution in [3.8, 4) is 11.7 Å². The van der Waals surface area contributed by atoms with Crippen molar-refractivity contribution in [3.05, 3.63) is 127 Å². The molecule has 0 fully saturated rings. The van der Waals surface area contributed by atoms with Gasteiger partial charge in [-0.25, -0.2) is 0 Å². The highest BCUT2D eigenvalue weighted by molar-refractivity contribution is 6.19. The number of nitrogens with zero attached hydrogens (tertiary/aromatic N) is 3. The molecule has 6 aromatic carbocycles. The maximum atomic E-state index is 6.53. The van der Waals surface area contributed by atoms with Gasteiger partial charge in [0.25, 0.3) is 0 Å². The smallest absolute Gasteiger partial charge is 0.307 e. The van der Waals surface area contributed by atoms with Gasteiger partial charge in [0, 0.05) is 32.6 Å². The molecule has 0 radical (unpaired) electrons. The van der Waals surface area contributed by atoms with E-state index in [1.165, 1.54) is 21.8 Å². The van der Waals surface area contributed by atoms with Gasteiger partial charge in [-0.05, 0) is 54.6 Å². The van der Waals surface area contributed by atoms with Crippen molar-refractivity contribution >= 4 is 76.6 Å². The topological polar surface area (TPSA) is 49.0 Å². The third-order valence-corrected chi connectivity index (χ3v) is 8.56. The van der Waals surface area contributed by atoms with E-state index in [0.29, 0.717) is 6.01 Å². The summed E-state index contributed by atoms with van der Waals surface area (Å²) >= 11 is 0. The summed E-state index contributed by atoms with van der Waals surface area (Å²) in [4.78, 5) is 5.13. The molecular weight excluding hydrogens is 518 g/mol. The molecular formula is C37H21N3O2. The van der Waals surface area contributed by atoms with Crippen LogP contribution < -0.4 is 0 Å². The molecule has 4 aromatic heterocycles. The highest BCUT2D eigenvalue weighted by Crippen LogP contribution is 2.41. The molecule has 0 atom stereocenters. The zero-order valence-corrected chi connectivity index (χ0v) is 22.3. The molecule has 0 aliphatic heterocycles. The summed E-state index contributed by atoms with van der Waals surface area (Å²) in [5.41, 5.74) is 8.79. The van der Waals surface area contributed by atoms with Crippen LogP contribution >= 0.6 is 0 Å². The molecule has 42 heavy (non-hydrogen) atoms. The second kappa shape index (κ2) is 7.89. The first-order valence-electron chi connectivity index (χ1n) is 14.1. The lowest BCUT2D eigenvalue weighted by atomic mass is 10.1. The summed E-state index contributed by atoms with van der Waals surface area (Å²) in [7, 11) is 0. The van der Waals surface area contributed by atoms with Crippen LogP contribution in [0.1, 0.15) is 0 Å². The van der Waals surface area contributed by atoms with Crippen molar-refractivity contribution in [2.75, 3.05) is 0 Å². The third kappa shape index (κ3) is 2.79. The van der Waals surface area contributed by atoms with E-state index in [9.17, 15) is 0 Å². The summed E-state index contributed by atoms with van der Waals surface area (Å²) in [6, 6.07) is 44.8. The van der Waals surface area contributed by atoms with E-state index < -0.39 is 0 Å². The number of fused-ring (bicyclic) bond motifs is 11. The third-order valence-electron chi connectivity index (χ3n) is 8.56. The summed E-state index contributed by atoms with van der Waals surface area (Å²) < 4.78 is 17.2. The Labute approximate surface area is 238 Å². The Balaban J connectivity index is 1.34. The fourth-order valence-corrected chi connectivity index (χ4v) is 6.78. The van der Waals surface area contributed by atoms with Crippen molar-refractivity contribution in [1.29, 1.82) is 0 Å². The first-order valence-corrected chi connectivity index (χ1v) is 14.1. The first kappa shape index (κ1) is 21.9. The Hall–Kier alpha value is -5.81. The maximum absolute atomic E-state index is 6.53. The molecule has 4 heterocycles. The summed E-state index contributed by atoms with van der Waals surface area (Å²) in [6.45, 7) is 0. The second-order valence-electron chi connectivity index (χ2n) is 10.8. The molecule has 0 saturated heterocycles. The van der Waals surface area contributed by atoms with Gasteiger partial charge in [0.1, 0.15) is 16.7 Å². The Kier molecular flexibility index (Phi) is 4.12. The summed E-state index contributed by atoms with van der Waals surface area (Å²) in [5, 5.41) is 6.71. The van der Waals surface area contributed by atoms with E-state index in [1.54, 1.807) is 0 Å². The molecule has 5 nitrogen and oxygen atoms in total. The van der Waals surface area contributed by atoms with Crippen molar-refractivity contribution in [1.82, 2.24) is 14.1 Å². The molecule has 0 saturated carbocycles. The highest BCUT2D eigenvalue weighted by atomic mass is 16.4. The van der Waals surface area contributed by atoms with Gasteiger partial charge in [0.2, 0.25) is 0 Å². The van der Waals surface area contributed by atoms with Gasteiger partial charge in [0.05, 0.1) is 27.5 Å². The van der Waals surface area contributed by atoms with E-state index in [4.69, 9.17) is 13.8 Å². The van der Waals surface area contributed by atoms with Crippen LogP contribution in [0, 0.1) is 0 Å². The lowest BCUT2D eigenvalue weighted by molar-refractivity contribution is 0.574. The number of oxazole rings is 1. The van der Waals surface area contributed by atoms with Crippen LogP contribution in [0.4, 0.5) is 0 Å². The number of rotatable bonds is 2. The molecule has 0 aliphatic carbocycles. The number of hydrogen-bond donors (Lipinski definition) is 0. The van der Waals surface area contributed by atoms with Gasteiger partial charge in [-0.1, -0.05) is 72.8 Å². The maximum Gasteiger partial charge on any atom is 0.307 e. The quantitative estimate of drug-likeness (QED) is 0.220. The van der Waals surface area contributed by atoms with Crippen LogP contribution in [-0.4, -0.2) is 14.1 Å². The minimum absolute atomic E-state index is 0.542. The van der Waals surface area contributed by atoms with E-state index in [0.717, 1.165) is 60.5 Å². The Bertz CT molecular complexity index is 2690. The molecule has 5 heteroatoms. The van der Waals surface area contributed by atoms with E-state index in [2.05, 4.69) is 106 Å². The lowest BCUT2D eigenvalue weighted by Gasteiger charge is -2.07. The second-order valence-corrected chi connectivity index (χ2v) is 10.8. The fraction of sp³-hybridized carbons (Fsp3) is 0. The van der Waals surface area contributed by atoms with Crippen LogP contribution in [0.25, 0.3) is 88.4 Å². The molecule has 10 rings (SSSR count). The highest BCUT2D eigenvalue weighted by Gasteiger charge is 2.22. The van der Waals surface area contributed by atoms with E-state index in [1.807, 2.05) is 30.3 Å². The number of hydrogen-bond acceptors (Lipinski definition) is 3. The number of benzene rings is 6. The standard InChI is InChI=1S/C37H21N3O2/c1-2-10-22(11-3-1)39-28-15-7-4-12-23(28)26-21-31-27(20-30(26)39)24-13-5-8-16-29(24)40(31)37-38-36-34(42-37)19-18-33-35(36)25-14-6-9-17-32(25)41-33/h1-21H. The van der Waals surface area contributed by atoms with Gasteiger partial charge < -0.3 is 13.4 Å². The number of aromatic nitrogens is 3. The van der Waals surface area contributed by atoms with Crippen molar-refractivity contribution < 1.29 is 8.83 Å². The molecule has 0 bridgehead atoms. The van der Waals surface area contributed by atoms with Gasteiger partial charge in [-0.15, -0.1) is 0 Å². The Morgan fingerprint density at radius 2 is 1.02 bits per heavy atom. The number of furan rings is 1. The molecule has 0 amide bonds. The lowest BCUT2D eigenvalue weighted by Crippen LogP contribution is -1.94. The van der Waals surface area contributed by atoms with Crippen molar-refractivity contribution in [2.24, 2.45) is 0 Å². The molecule has 0 spiro atoms. The zero-order chi connectivity index (χ0) is 27.4.